The van der Waals surface area contributed by atoms with Crippen molar-refractivity contribution in [1.82, 2.24) is 0 Å². The second kappa shape index (κ2) is 16.9. The maximum absolute atomic E-state index is 4.37. The zero-order chi connectivity index (χ0) is 47.9. The Morgan fingerprint density at radius 2 is 0.569 bits per heavy atom. The van der Waals surface area contributed by atoms with Gasteiger partial charge in [-0.3, -0.25) is 0 Å². The number of benzene rings is 13. The zero-order valence-corrected chi connectivity index (χ0v) is 40.6. The minimum Gasteiger partial charge on any atom is -0.140 e. The van der Waals surface area contributed by atoms with Gasteiger partial charge in [0.05, 0.1) is 0 Å². The van der Waals surface area contributed by atoms with Crippen LogP contribution in [0.5, 0.6) is 0 Å². The van der Waals surface area contributed by atoms with Gasteiger partial charge in [-0.1, -0.05) is 249 Å². The predicted molar refractivity (Wildman–Crippen MR) is 314 cm³/mol. The van der Waals surface area contributed by atoms with Gasteiger partial charge in [0.15, 0.2) is 0 Å². The average molecular weight is 931 g/mol. The molecule has 13 aromatic carbocycles. The van der Waals surface area contributed by atoms with Gasteiger partial charge in [0.1, 0.15) is 0 Å². The highest BCUT2D eigenvalue weighted by Gasteiger charge is 2.23. The maximum atomic E-state index is 4.37. The molecule has 0 nitrogen and oxygen atoms in total. The summed E-state index contributed by atoms with van der Waals surface area (Å²) in [6, 6.07) is 89.8. The molecule has 0 saturated heterocycles. The number of hydrogen-bond acceptors (Lipinski definition) is 1. The minimum absolute atomic E-state index is 1.19. The topological polar surface area (TPSA) is 0 Å². The molecule has 0 unspecified atom stereocenters. The Morgan fingerprint density at radius 3 is 0.986 bits per heavy atom. The molecule has 336 valence electrons. The molecule has 14 aromatic rings. The summed E-state index contributed by atoms with van der Waals surface area (Å²) >= 11 is 1.89. The molecule has 72 heavy (non-hydrogen) atoms. The first kappa shape index (κ1) is 42.0. The van der Waals surface area contributed by atoms with Crippen LogP contribution in [0.25, 0.3) is 148 Å². The van der Waals surface area contributed by atoms with Crippen LogP contribution in [0.2, 0.25) is 0 Å². The monoisotopic (exact) mass is 930 g/mol. The van der Waals surface area contributed by atoms with Crippen molar-refractivity contribution >= 4 is 92.1 Å². The van der Waals surface area contributed by atoms with E-state index in [2.05, 4.69) is 262 Å². The highest BCUT2D eigenvalue weighted by molar-refractivity contribution is 7.19. The number of aryl methyl sites for hydroxylation is 1. The summed E-state index contributed by atoms with van der Waals surface area (Å²) in [6.45, 7) is 6.66. The first-order valence-corrected chi connectivity index (χ1v) is 25.7. The lowest BCUT2D eigenvalue weighted by Gasteiger charge is -2.19. The molecule has 1 heteroatoms. The summed E-state index contributed by atoms with van der Waals surface area (Å²) in [5, 5.41) is 16.3. The first-order chi connectivity index (χ1) is 35.6. The van der Waals surface area contributed by atoms with Crippen LogP contribution < -0.4 is 0 Å². The Hall–Kier alpha value is -8.88. The smallest absolute Gasteiger partial charge is 0.0358 e. The Balaban J connectivity index is 0.902. The van der Waals surface area contributed by atoms with E-state index in [1.165, 1.54) is 152 Å². The summed E-state index contributed by atoms with van der Waals surface area (Å²) in [6.07, 6.45) is 2.06. The van der Waals surface area contributed by atoms with Crippen LogP contribution in [0.15, 0.2) is 249 Å². The standard InChI is InChI=1S/C71H46S/c1-3-51-52-21-7-8-22-53(52)54-23-9-10-24-55(54)71(51)66-44(2)72-65-43-50(41-42-64(65)66)70-62-31-17-15-29-60(62)69(61-30-16-18-32-63(61)70)49-39-37-48(38-40-49)68-58-27-13-11-25-56(58)67(57-26-12-14-28-59(57)68)47-35-33-46(34-36-47)45-19-5-4-6-20-45/h3-43H,1H2,2H3. The molecule has 1 heterocycles. The van der Waals surface area contributed by atoms with Crippen molar-refractivity contribution in [3.8, 4) is 66.8 Å². The Bertz CT molecular complexity index is 4380. The second-order valence-corrected chi connectivity index (χ2v) is 20.3. The van der Waals surface area contributed by atoms with Crippen LogP contribution in [-0.4, -0.2) is 0 Å². The second-order valence-electron chi connectivity index (χ2n) is 19.0. The summed E-state index contributed by atoms with van der Waals surface area (Å²) < 4.78 is 1.29. The predicted octanol–water partition coefficient (Wildman–Crippen LogP) is 20.8. The van der Waals surface area contributed by atoms with E-state index in [4.69, 9.17) is 0 Å². The molecule has 1 aromatic heterocycles. The molecule has 0 bridgehead atoms. The van der Waals surface area contributed by atoms with Crippen molar-refractivity contribution < 1.29 is 0 Å². The lowest BCUT2D eigenvalue weighted by atomic mass is 9.84. The molecule has 0 aliphatic rings. The third-order valence-electron chi connectivity index (χ3n) is 15.2. The fraction of sp³-hybridized carbons (Fsp3) is 0.0141. The Morgan fingerprint density at radius 1 is 0.264 bits per heavy atom. The normalized spacial score (nSPS) is 11.7. The molecular weight excluding hydrogens is 885 g/mol. The molecule has 0 aliphatic heterocycles. The van der Waals surface area contributed by atoms with Crippen LogP contribution in [0.3, 0.4) is 0 Å². The fourth-order valence-corrected chi connectivity index (χ4v) is 13.2. The quantitative estimate of drug-likeness (QED) is 0.110. The van der Waals surface area contributed by atoms with Crippen LogP contribution in [0, 0.1) is 6.92 Å². The number of hydrogen-bond donors (Lipinski definition) is 0. The SMILES string of the molecule is C=Cc1c(-c2c(C)sc3cc(-c4c5ccccc5c(-c5ccc(-c6c7ccccc7c(-c7ccc(-c8ccccc8)cc7)c7ccccc67)cc5)c5ccccc45)ccc23)c2ccccc2c2ccccc12. The summed E-state index contributed by atoms with van der Waals surface area (Å²) in [4.78, 5) is 1.31. The largest absolute Gasteiger partial charge is 0.140 e. The van der Waals surface area contributed by atoms with Crippen molar-refractivity contribution in [3.63, 3.8) is 0 Å². The van der Waals surface area contributed by atoms with Gasteiger partial charge in [-0.2, -0.15) is 0 Å². The third kappa shape index (κ3) is 6.52. The lowest BCUT2D eigenvalue weighted by Crippen LogP contribution is -1.92. The third-order valence-corrected chi connectivity index (χ3v) is 16.3. The van der Waals surface area contributed by atoms with Crippen molar-refractivity contribution in [1.29, 1.82) is 0 Å². The summed E-state index contributed by atoms with van der Waals surface area (Å²) in [5.41, 5.74) is 16.1. The molecule has 0 aliphatic carbocycles. The zero-order valence-electron chi connectivity index (χ0n) is 39.8. The number of rotatable bonds is 7. The Labute approximate surface area is 423 Å². The molecule has 0 radical (unpaired) electrons. The van der Waals surface area contributed by atoms with Crippen LogP contribution in [-0.2, 0) is 0 Å². The van der Waals surface area contributed by atoms with E-state index in [9.17, 15) is 0 Å². The fourth-order valence-electron chi connectivity index (χ4n) is 12.1. The highest BCUT2D eigenvalue weighted by Crippen LogP contribution is 2.50. The molecule has 0 N–H and O–H groups in total. The van der Waals surface area contributed by atoms with Crippen molar-refractivity contribution in [2.75, 3.05) is 0 Å². The molecule has 0 spiro atoms. The number of thiophene rings is 1. The van der Waals surface area contributed by atoms with Gasteiger partial charge < -0.3 is 0 Å². The average Bonchev–Trinajstić information content (AvgIpc) is 3.78. The van der Waals surface area contributed by atoms with Gasteiger partial charge in [0.2, 0.25) is 0 Å². The van der Waals surface area contributed by atoms with Crippen molar-refractivity contribution in [2.24, 2.45) is 0 Å². The minimum atomic E-state index is 1.19. The maximum Gasteiger partial charge on any atom is 0.0358 e. The summed E-state index contributed by atoms with van der Waals surface area (Å²) in [7, 11) is 0. The number of fused-ring (bicyclic) bond motifs is 8. The van der Waals surface area contributed by atoms with Crippen LogP contribution in [0.1, 0.15) is 10.4 Å². The van der Waals surface area contributed by atoms with E-state index in [-0.39, 0.29) is 0 Å². The molecule has 0 amide bonds. The summed E-state index contributed by atoms with van der Waals surface area (Å²) in [5.74, 6) is 0. The van der Waals surface area contributed by atoms with Gasteiger partial charge >= 0.3 is 0 Å². The van der Waals surface area contributed by atoms with Gasteiger partial charge in [-0.15, -0.1) is 11.3 Å². The van der Waals surface area contributed by atoms with E-state index in [0.29, 0.717) is 0 Å². The lowest BCUT2D eigenvalue weighted by molar-refractivity contribution is 1.61. The molecule has 0 saturated carbocycles. The van der Waals surface area contributed by atoms with E-state index in [1.807, 2.05) is 11.3 Å². The van der Waals surface area contributed by atoms with Crippen molar-refractivity contribution in [2.45, 2.75) is 6.92 Å². The molecular formula is C71H46S. The molecule has 0 fully saturated rings. The van der Waals surface area contributed by atoms with Crippen LogP contribution >= 0.6 is 11.3 Å². The molecule has 14 rings (SSSR count). The van der Waals surface area contributed by atoms with Crippen molar-refractivity contribution in [3.05, 3.63) is 260 Å². The van der Waals surface area contributed by atoms with E-state index in [1.54, 1.807) is 0 Å². The van der Waals surface area contributed by atoms with E-state index < -0.39 is 0 Å². The Kier molecular flexibility index (Phi) is 9.88. The van der Waals surface area contributed by atoms with Crippen LogP contribution in [0.4, 0.5) is 0 Å². The van der Waals surface area contributed by atoms with Gasteiger partial charge in [0, 0.05) is 20.5 Å². The van der Waals surface area contributed by atoms with E-state index in [0.717, 1.165) is 0 Å². The first-order valence-electron chi connectivity index (χ1n) is 24.9. The van der Waals surface area contributed by atoms with E-state index >= 15 is 0 Å². The molecule has 0 atom stereocenters. The van der Waals surface area contributed by atoms with Gasteiger partial charge in [-0.25, -0.2) is 0 Å². The van der Waals surface area contributed by atoms with Gasteiger partial charge in [0.25, 0.3) is 0 Å². The van der Waals surface area contributed by atoms with Gasteiger partial charge in [-0.05, 0) is 144 Å². The highest BCUT2D eigenvalue weighted by atomic mass is 32.1.